The lowest BCUT2D eigenvalue weighted by Crippen LogP contribution is -2.51. The molecule has 0 N–H and O–H groups in total. The Morgan fingerprint density at radius 3 is 2.12 bits per heavy atom. The molecule has 0 bridgehead atoms. The van der Waals surface area contributed by atoms with E-state index in [1.807, 2.05) is 21.9 Å². The van der Waals surface area contributed by atoms with Crippen molar-refractivity contribution in [3.8, 4) is 0 Å². The van der Waals surface area contributed by atoms with Crippen molar-refractivity contribution >= 4 is 23.4 Å². The molecule has 6 heteroatoms. The van der Waals surface area contributed by atoms with Gasteiger partial charge in [0, 0.05) is 63.7 Å². The molecule has 25 heavy (non-hydrogen) atoms. The van der Waals surface area contributed by atoms with Crippen molar-refractivity contribution in [2.24, 2.45) is 5.92 Å². The monoisotopic (exact) mass is 363 g/mol. The van der Waals surface area contributed by atoms with Gasteiger partial charge in [-0.25, -0.2) is 0 Å². The molecule has 3 rings (SSSR count). The number of carbonyl (C=O) groups excluding carboxylic acids is 2. The zero-order chi connectivity index (χ0) is 17.8. The molecule has 0 aliphatic carbocycles. The maximum absolute atomic E-state index is 12.7. The van der Waals surface area contributed by atoms with Gasteiger partial charge in [0.1, 0.15) is 0 Å². The van der Waals surface area contributed by atoms with Crippen LogP contribution in [0.15, 0.2) is 24.3 Å². The van der Waals surface area contributed by atoms with Crippen LogP contribution >= 0.6 is 11.6 Å². The van der Waals surface area contributed by atoms with Gasteiger partial charge in [0.25, 0.3) is 0 Å². The van der Waals surface area contributed by atoms with E-state index >= 15 is 0 Å². The lowest BCUT2D eigenvalue weighted by atomic mass is 9.95. The van der Waals surface area contributed by atoms with Crippen molar-refractivity contribution in [3.63, 3.8) is 0 Å². The molecule has 136 valence electrons. The predicted octanol–water partition coefficient (Wildman–Crippen LogP) is 2.24. The van der Waals surface area contributed by atoms with Crippen LogP contribution in [-0.2, 0) is 16.1 Å². The predicted molar refractivity (Wildman–Crippen MR) is 98.3 cm³/mol. The summed E-state index contributed by atoms with van der Waals surface area (Å²) >= 11 is 5.93. The number of rotatable bonds is 3. The second-order valence-corrected chi connectivity index (χ2v) is 7.44. The number of piperazine rings is 1. The Bertz CT molecular complexity index is 604. The second-order valence-electron chi connectivity index (χ2n) is 7.01. The van der Waals surface area contributed by atoms with Crippen molar-refractivity contribution in [3.05, 3.63) is 34.9 Å². The average Bonchev–Trinajstić information content (AvgIpc) is 2.64. The largest absolute Gasteiger partial charge is 0.343 e. The van der Waals surface area contributed by atoms with Gasteiger partial charge in [-0.2, -0.15) is 0 Å². The minimum atomic E-state index is 0.0819. The van der Waals surface area contributed by atoms with Gasteiger partial charge in [0.2, 0.25) is 11.8 Å². The van der Waals surface area contributed by atoms with E-state index in [0.29, 0.717) is 13.1 Å². The van der Waals surface area contributed by atoms with E-state index in [0.717, 1.165) is 50.6 Å². The molecule has 5 nitrogen and oxygen atoms in total. The first-order valence-electron chi connectivity index (χ1n) is 9.04. The molecule has 0 saturated carbocycles. The summed E-state index contributed by atoms with van der Waals surface area (Å²) in [5, 5.41) is 0.759. The number of hydrogen-bond acceptors (Lipinski definition) is 3. The summed E-state index contributed by atoms with van der Waals surface area (Å²) in [4.78, 5) is 30.3. The van der Waals surface area contributed by atoms with Gasteiger partial charge in [0.15, 0.2) is 0 Å². The number of carbonyl (C=O) groups is 2. The topological polar surface area (TPSA) is 43.9 Å². The summed E-state index contributed by atoms with van der Waals surface area (Å²) in [5.74, 6) is 0.467. The van der Waals surface area contributed by atoms with E-state index in [4.69, 9.17) is 11.6 Å². The van der Waals surface area contributed by atoms with Crippen LogP contribution in [0.25, 0.3) is 0 Å². The normalized spacial score (nSPS) is 19.9. The Hall–Kier alpha value is -1.59. The standard InChI is InChI=1S/C19H26ClN3O2/c1-15(24)22-8-6-17(7-9-22)19(25)23-12-10-21(11-13-23)14-16-2-4-18(20)5-3-16/h2-5,17H,6-14H2,1H3. The number of benzene rings is 1. The van der Waals surface area contributed by atoms with Crippen LogP contribution < -0.4 is 0 Å². The fraction of sp³-hybridized carbons (Fsp3) is 0.579. The van der Waals surface area contributed by atoms with Crippen LogP contribution in [0.3, 0.4) is 0 Å². The molecular weight excluding hydrogens is 338 g/mol. The first kappa shape index (κ1) is 18.2. The van der Waals surface area contributed by atoms with Crippen LogP contribution in [0.5, 0.6) is 0 Å². The summed E-state index contributed by atoms with van der Waals surface area (Å²) in [6.45, 7) is 7.31. The van der Waals surface area contributed by atoms with Gasteiger partial charge < -0.3 is 9.80 Å². The summed E-state index contributed by atoms with van der Waals surface area (Å²) in [6.07, 6.45) is 1.59. The van der Waals surface area contributed by atoms with Crippen LogP contribution in [0.2, 0.25) is 5.02 Å². The molecule has 0 unspecified atom stereocenters. The van der Waals surface area contributed by atoms with Gasteiger partial charge in [-0.15, -0.1) is 0 Å². The van der Waals surface area contributed by atoms with Crippen molar-refractivity contribution in [2.75, 3.05) is 39.3 Å². The Morgan fingerprint density at radius 2 is 1.56 bits per heavy atom. The zero-order valence-electron chi connectivity index (χ0n) is 14.8. The highest BCUT2D eigenvalue weighted by Gasteiger charge is 2.30. The van der Waals surface area contributed by atoms with Crippen molar-refractivity contribution in [2.45, 2.75) is 26.3 Å². The summed E-state index contributed by atoms with van der Waals surface area (Å²) in [7, 11) is 0. The van der Waals surface area contributed by atoms with E-state index in [1.165, 1.54) is 5.56 Å². The molecule has 2 fully saturated rings. The first-order chi connectivity index (χ1) is 12.0. The third-order valence-electron chi connectivity index (χ3n) is 5.29. The minimum Gasteiger partial charge on any atom is -0.343 e. The maximum atomic E-state index is 12.7. The van der Waals surface area contributed by atoms with Crippen LogP contribution in [0.4, 0.5) is 0 Å². The summed E-state index contributed by atoms with van der Waals surface area (Å²) in [5.41, 5.74) is 1.25. The molecule has 2 amide bonds. The molecule has 0 aromatic heterocycles. The lowest BCUT2D eigenvalue weighted by Gasteiger charge is -2.38. The molecular formula is C19H26ClN3O2. The number of hydrogen-bond donors (Lipinski definition) is 0. The quantitative estimate of drug-likeness (QED) is 0.827. The molecule has 2 aliphatic heterocycles. The molecule has 1 aromatic rings. The van der Waals surface area contributed by atoms with E-state index in [1.54, 1.807) is 6.92 Å². The third-order valence-corrected chi connectivity index (χ3v) is 5.54. The highest BCUT2D eigenvalue weighted by Crippen LogP contribution is 2.21. The zero-order valence-corrected chi connectivity index (χ0v) is 15.5. The number of piperidine rings is 1. The van der Waals surface area contributed by atoms with Gasteiger partial charge >= 0.3 is 0 Å². The number of nitrogens with zero attached hydrogens (tertiary/aromatic N) is 3. The Labute approximate surface area is 154 Å². The maximum Gasteiger partial charge on any atom is 0.225 e. The van der Waals surface area contributed by atoms with Gasteiger partial charge in [-0.05, 0) is 30.5 Å². The summed E-state index contributed by atoms with van der Waals surface area (Å²) in [6, 6.07) is 7.96. The number of likely N-dealkylation sites (tertiary alicyclic amines) is 1. The van der Waals surface area contributed by atoms with Crippen LogP contribution in [0.1, 0.15) is 25.3 Å². The molecule has 2 aliphatic rings. The minimum absolute atomic E-state index is 0.0819. The molecule has 1 aromatic carbocycles. The van der Waals surface area contributed by atoms with Crippen LogP contribution in [-0.4, -0.2) is 65.8 Å². The van der Waals surface area contributed by atoms with E-state index in [9.17, 15) is 9.59 Å². The van der Waals surface area contributed by atoms with Crippen molar-refractivity contribution in [1.82, 2.24) is 14.7 Å². The molecule has 0 radical (unpaired) electrons. The Kier molecular flexibility index (Phi) is 5.97. The number of halogens is 1. The van der Waals surface area contributed by atoms with Gasteiger partial charge in [0.05, 0.1) is 0 Å². The smallest absolute Gasteiger partial charge is 0.225 e. The van der Waals surface area contributed by atoms with E-state index < -0.39 is 0 Å². The number of amides is 2. The first-order valence-corrected chi connectivity index (χ1v) is 9.42. The second kappa shape index (κ2) is 8.19. The Morgan fingerprint density at radius 1 is 0.960 bits per heavy atom. The van der Waals surface area contributed by atoms with E-state index in [2.05, 4.69) is 17.0 Å². The van der Waals surface area contributed by atoms with Gasteiger partial charge in [-0.1, -0.05) is 23.7 Å². The average molecular weight is 364 g/mol. The Balaban J connectivity index is 1.45. The molecule has 0 atom stereocenters. The molecule has 0 spiro atoms. The van der Waals surface area contributed by atoms with Crippen LogP contribution in [0, 0.1) is 5.92 Å². The highest BCUT2D eigenvalue weighted by molar-refractivity contribution is 6.30. The van der Waals surface area contributed by atoms with Crippen molar-refractivity contribution < 1.29 is 9.59 Å². The fourth-order valence-corrected chi connectivity index (χ4v) is 3.80. The van der Waals surface area contributed by atoms with E-state index in [-0.39, 0.29) is 17.7 Å². The lowest BCUT2D eigenvalue weighted by molar-refractivity contribution is -0.141. The molecule has 2 saturated heterocycles. The van der Waals surface area contributed by atoms with Gasteiger partial charge in [-0.3, -0.25) is 14.5 Å². The fourth-order valence-electron chi connectivity index (χ4n) is 3.67. The molecule has 2 heterocycles. The third kappa shape index (κ3) is 4.73. The SMILES string of the molecule is CC(=O)N1CCC(C(=O)N2CCN(Cc3ccc(Cl)cc3)CC2)CC1. The van der Waals surface area contributed by atoms with Crippen molar-refractivity contribution in [1.29, 1.82) is 0 Å². The highest BCUT2D eigenvalue weighted by atomic mass is 35.5. The summed E-state index contributed by atoms with van der Waals surface area (Å²) < 4.78 is 0.